The molecule has 2 atom stereocenters. The molecule has 2 aromatic carbocycles. The normalized spacial score (nSPS) is 21.6. The molecule has 0 aromatic heterocycles. The molecule has 1 aliphatic heterocycles. The molecule has 30 heavy (non-hydrogen) atoms. The SMILES string of the molecule is O=C(COC(=O)C(O)(c1ccccc1)c1ccccc1)N1CCC[C@@H]2CCCC[C@H]21. The van der Waals surface area contributed by atoms with Gasteiger partial charge in [0, 0.05) is 12.6 Å². The van der Waals surface area contributed by atoms with E-state index in [-0.39, 0.29) is 18.6 Å². The van der Waals surface area contributed by atoms with Crippen LogP contribution < -0.4 is 0 Å². The summed E-state index contributed by atoms with van der Waals surface area (Å²) in [4.78, 5) is 27.9. The van der Waals surface area contributed by atoms with Crippen molar-refractivity contribution < 1.29 is 19.4 Å². The average Bonchev–Trinajstić information content (AvgIpc) is 2.82. The van der Waals surface area contributed by atoms with Crippen molar-refractivity contribution in [1.29, 1.82) is 0 Å². The maximum absolute atomic E-state index is 13.1. The number of hydrogen-bond donors (Lipinski definition) is 1. The van der Waals surface area contributed by atoms with Gasteiger partial charge in [-0.25, -0.2) is 4.79 Å². The first-order chi connectivity index (χ1) is 14.6. The molecule has 0 radical (unpaired) electrons. The summed E-state index contributed by atoms with van der Waals surface area (Å²) in [7, 11) is 0. The summed E-state index contributed by atoms with van der Waals surface area (Å²) in [5, 5.41) is 11.4. The fourth-order valence-corrected chi connectivity index (χ4v) is 5.01. The molecule has 5 nitrogen and oxygen atoms in total. The zero-order chi connectivity index (χ0) is 21.0. The van der Waals surface area contributed by atoms with Crippen LogP contribution >= 0.6 is 0 Å². The molecular weight excluding hydrogens is 378 g/mol. The van der Waals surface area contributed by atoms with E-state index in [0.29, 0.717) is 17.0 Å². The first kappa shape index (κ1) is 20.6. The van der Waals surface area contributed by atoms with Gasteiger partial charge in [-0.1, -0.05) is 73.5 Å². The predicted octanol–water partition coefficient (Wildman–Crippen LogP) is 3.65. The number of hydrogen-bond acceptors (Lipinski definition) is 4. The van der Waals surface area contributed by atoms with E-state index >= 15 is 0 Å². The van der Waals surface area contributed by atoms with Gasteiger partial charge in [-0.15, -0.1) is 0 Å². The van der Waals surface area contributed by atoms with Crippen LogP contribution in [0, 0.1) is 5.92 Å². The molecule has 2 aromatic rings. The highest BCUT2D eigenvalue weighted by molar-refractivity contribution is 5.88. The Morgan fingerprint density at radius 3 is 2.10 bits per heavy atom. The Labute approximate surface area is 177 Å². The number of amides is 1. The number of piperidine rings is 1. The number of benzene rings is 2. The van der Waals surface area contributed by atoms with Crippen molar-refractivity contribution in [2.75, 3.05) is 13.2 Å². The first-order valence-corrected chi connectivity index (χ1v) is 10.9. The number of rotatable bonds is 5. The maximum atomic E-state index is 13.1. The van der Waals surface area contributed by atoms with Crippen LogP contribution in [-0.4, -0.2) is 41.1 Å². The van der Waals surface area contributed by atoms with Crippen molar-refractivity contribution in [3.8, 4) is 0 Å². The predicted molar refractivity (Wildman–Crippen MR) is 114 cm³/mol. The van der Waals surface area contributed by atoms with Gasteiger partial charge in [0.05, 0.1) is 0 Å². The van der Waals surface area contributed by atoms with Gasteiger partial charge in [0.15, 0.2) is 6.61 Å². The highest BCUT2D eigenvalue weighted by Crippen LogP contribution is 2.35. The molecule has 1 heterocycles. The lowest BCUT2D eigenvalue weighted by atomic mass is 9.78. The summed E-state index contributed by atoms with van der Waals surface area (Å²) >= 11 is 0. The number of fused-ring (bicyclic) bond motifs is 1. The second-order valence-electron chi connectivity index (χ2n) is 8.36. The number of carbonyl (C=O) groups is 2. The molecule has 1 saturated heterocycles. The van der Waals surface area contributed by atoms with Crippen LogP contribution in [0.3, 0.4) is 0 Å². The number of likely N-dealkylation sites (tertiary alicyclic amines) is 1. The van der Waals surface area contributed by atoms with Crippen molar-refractivity contribution in [2.45, 2.75) is 50.2 Å². The molecule has 5 heteroatoms. The molecule has 158 valence electrons. The summed E-state index contributed by atoms with van der Waals surface area (Å²) in [5.74, 6) is -0.424. The van der Waals surface area contributed by atoms with Gasteiger partial charge in [0.2, 0.25) is 5.60 Å². The Bertz CT molecular complexity index is 826. The molecule has 2 fully saturated rings. The fraction of sp³-hybridized carbons (Fsp3) is 0.440. The standard InChI is InChI=1S/C25H29NO4/c27-23(26-17-9-11-19-10-7-8-16-22(19)26)18-30-24(28)25(29,20-12-3-1-4-13-20)21-14-5-2-6-15-21/h1-6,12-15,19,22,29H,7-11,16-18H2/t19-,22+/m0/s1. The fourth-order valence-electron chi connectivity index (χ4n) is 5.01. The second-order valence-corrected chi connectivity index (χ2v) is 8.36. The van der Waals surface area contributed by atoms with Crippen LogP contribution in [0.2, 0.25) is 0 Å². The minimum Gasteiger partial charge on any atom is -0.453 e. The smallest absolute Gasteiger partial charge is 0.348 e. The lowest BCUT2D eigenvalue weighted by Crippen LogP contribution is -2.51. The summed E-state index contributed by atoms with van der Waals surface area (Å²) in [6, 6.07) is 17.7. The molecule has 1 saturated carbocycles. The Kier molecular flexibility index (Phi) is 6.18. The molecule has 2 aliphatic rings. The molecule has 1 aliphatic carbocycles. The highest BCUT2D eigenvalue weighted by Gasteiger charge is 2.42. The Morgan fingerprint density at radius 1 is 0.900 bits per heavy atom. The number of nitrogens with zero attached hydrogens (tertiary/aromatic N) is 1. The summed E-state index contributed by atoms with van der Waals surface area (Å²) in [6.07, 6.45) is 6.76. The van der Waals surface area contributed by atoms with Crippen LogP contribution in [0.5, 0.6) is 0 Å². The zero-order valence-corrected chi connectivity index (χ0v) is 17.2. The van der Waals surface area contributed by atoms with Gasteiger partial charge in [-0.3, -0.25) is 4.79 Å². The van der Waals surface area contributed by atoms with Crippen molar-refractivity contribution >= 4 is 11.9 Å². The average molecular weight is 408 g/mol. The number of ether oxygens (including phenoxy) is 1. The van der Waals surface area contributed by atoms with E-state index in [4.69, 9.17) is 4.74 Å². The lowest BCUT2D eigenvalue weighted by molar-refractivity contribution is -0.167. The van der Waals surface area contributed by atoms with Crippen molar-refractivity contribution in [1.82, 2.24) is 4.90 Å². The number of aliphatic hydroxyl groups is 1. The minimum absolute atomic E-state index is 0.163. The highest BCUT2D eigenvalue weighted by atomic mass is 16.6. The van der Waals surface area contributed by atoms with Gasteiger partial charge in [-0.2, -0.15) is 0 Å². The Balaban J connectivity index is 1.50. The van der Waals surface area contributed by atoms with E-state index in [2.05, 4.69) is 0 Å². The van der Waals surface area contributed by atoms with E-state index in [1.165, 1.54) is 19.3 Å². The van der Waals surface area contributed by atoms with Crippen molar-refractivity contribution in [3.63, 3.8) is 0 Å². The summed E-state index contributed by atoms with van der Waals surface area (Å²) < 4.78 is 5.43. The van der Waals surface area contributed by atoms with Gasteiger partial charge in [0.25, 0.3) is 5.91 Å². The monoisotopic (exact) mass is 407 g/mol. The van der Waals surface area contributed by atoms with Gasteiger partial charge in [-0.05, 0) is 42.7 Å². The van der Waals surface area contributed by atoms with E-state index in [9.17, 15) is 14.7 Å². The molecule has 0 spiro atoms. The molecule has 0 unspecified atom stereocenters. The van der Waals surface area contributed by atoms with Crippen LogP contribution in [-0.2, 0) is 19.9 Å². The third-order valence-electron chi connectivity index (χ3n) is 6.57. The number of carbonyl (C=O) groups excluding carboxylic acids is 2. The number of esters is 1. The van der Waals surface area contributed by atoms with E-state index in [0.717, 1.165) is 25.8 Å². The van der Waals surface area contributed by atoms with Gasteiger partial charge in [0.1, 0.15) is 0 Å². The molecule has 1 amide bonds. The zero-order valence-electron chi connectivity index (χ0n) is 17.2. The molecular formula is C25H29NO4. The molecule has 4 rings (SSSR count). The summed E-state index contributed by atoms with van der Waals surface area (Å²) in [6.45, 7) is 0.378. The molecule has 0 bridgehead atoms. The third kappa shape index (κ3) is 3.99. The van der Waals surface area contributed by atoms with Crippen LogP contribution in [0.1, 0.15) is 49.7 Å². The largest absolute Gasteiger partial charge is 0.453 e. The quantitative estimate of drug-likeness (QED) is 0.769. The second kappa shape index (κ2) is 9.00. The van der Waals surface area contributed by atoms with Gasteiger partial charge < -0.3 is 14.7 Å². The first-order valence-electron chi connectivity index (χ1n) is 10.9. The Hall–Kier alpha value is -2.66. The van der Waals surface area contributed by atoms with Crippen LogP contribution in [0.4, 0.5) is 0 Å². The Morgan fingerprint density at radius 2 is 1.47 bits per heavy atom. The van der Waals surface area contributed by atoms with Crippen molar-refractivity contribution in [2.24, 2.45) is 5.92 Å². The van der Waals surface area contributed by atoms with E-state index < -0.39 is 11.6 Å². The van der Waals surface area contributed by atoms with E-state index in [1.807, 2.05) is 17.0 Å². The van der Waals surface area contributed by atoms with Gasteiger partial charge >= 0.3 is 5.97 Å². The van der Waals surface area contributed by atoms with Crippen LogP contribution in [0.15, 0.2) is 60.7 Å². The molecule has 1 N–H and O–H groups in total. The topological polar surface area (TPSA) is 66.8 Å². The van der Waals surface area contributed by atoms with Crippen LogP contribution in [0.25, 0.3) is 0 Å². The third-order valence-corrected chi connectivity index (χ3v) is 6.57. The van der Waals surface area contributed by atoms with Crippen molar-refractivity contribution in [3.05, 3.63) is 71.8 Å². The minimum atomic E-state index is -1.96. The maximum Gasteiger partial charge on any atom is 0.348 e. The lowest BCUT2D eigenvalue weighted by Gasteiger charge is -2.44. The van der Waals surface area contributed by atoms with E-state index in [1.54, 1.807) is 48.5 Å². The summed E-state index contributed by atoms with van der Waals surface area (Å²) in [5.41, 5.74) is -1.13.